The fourth-order valence-electron chi connectivity index (χ4n) is 6.78. The first-order chi connectivity index (χ1) is 15.7. The molecule has 0 unspecified atom stereocenters. The Morgan fingerprint density at radius 1 is 1.16 bits per heavy atom. The zero-order valence-corrected chi connectivity index (χ0v) is 18.8. The number of carbonyl (C=O) groups excluding carboxylic acids is 1. The second kappa shape index (κ2) is 8.07. The lowest BCUT2D eigenvalue weighted by atomic mass is 9.68. The van der Waals surface area contributed by atoms with Crippen molar-refractivity contribution in [2.75, 3.05) is 26.7 Å². The number of amides is 1. The van der Waals surface area contributed by atoms with E-state index in [1.165, 1.54) is 37.8 Å². The Morgan fingerprint density at radius 2 is 2.03 bits per heavy atom. The van der Waals surface area contributed by atoms with Crippen LogP contribution in [0.5, 0.6) is 5.75 Å². The smallest absolute Gasteiger partial charge is 0.258 e. The molecule has 0 radical (unpaired) electrons. The van der Waals surface area contributed by atoms with Gasteiger partial charge in [-0.2, -0.15) is 5.10 Å². The van der Waals surface area contributed by atoms with E-state index in [1.54, 1.807) is 13.3 Å². The number of methoxy groups -OCH3 is 1. The fourth-order valence-corrected chi connectivity index (χ4v) is 6.78. The second-order valence-corrected chi connectivity index (χ2v) is 9.89. The van der Waals surface area contributed by atoms with E-state index in [9.17, 15) is 4.79 Å². The molecule has 168 valence electrons. The van der Waals surface area contributed by atoms with Crippen molar-refractivity contribution in [2.45, 2.75) is 50.6 Å². The molecule has 4 heterocycles. The van der Waals surface area contributed by atoms with Gasteiger partial charge in [-0.1, -0.05) is 18.1 Å². The van der Waals surface area contributed by atoms with Crippen LogP contribution in [0, 0.1) is 11.8 Å². The van der Waals surface area contributed by atoms with Gasteiger partial charge in [-0.25, -0.2) is 0 Å². The van der Waals surface area contributed by atoms with Gasteiger partial charge < -0.3 is 9.64 Å². The largest absolute Gasteiger partial charge is 0.497 e. The van der Waals surface area contributed by atoms with Crippen molar-refractivity contribution >= 4 is 5.91 Å². The van der Waals surface area contributed by atoms with E-state index < -0.39 is 0 Å². The minimum absolute atomic E-state index is 0.111. The molecule has 1 N–H and O–H groups in total. The predicted molar refractivity (Wildman–Crippen MR) is 124 cm³/mol. The summed E-state index contributed by atoms with van der Waals surface area (Å²) < 4.78 is 5.28. The maximum atomic E-state index is 13.9. The van der Waals surface area contributed by atoms with Crippen LogP contribution in [0.15, 0.2) is 42.1 Å². The number of aromatic amines is 1. The third-order valence-corrected chi connectivity index (χ3v) is 8.17. The second-order valence-electron chi connectivity index (χ2n) is 9.89. The van der Waals surface area contributed by atoms with Crippen LogP contribution in [0.25, 0.3) is 11.3 Å². The number of carbonyl (C=O) groups is 1. The van der Waals surface area contributed by atoms with E-state index in [2.05, 4.69) is 26.1 Å². The lowest BCUT2D eigenvalue weighted by Gasteiger charge is -2.54. The van der Waals surface area contributed by atoms with Gasteiger partial charge in [0.2, 0.25) is 0 Å². The van der Waals surface area contributed by atoms with Gasteiger partial charge >= 0.3 is 0 Å². The van der Waals surface area contributed by atoms with E-state index in [0.29, 0.717) is 17.4 Å². The number of nitrogens with one attached hydrogen (secondary N) is 1. The number of likely N-dealkylation sites (tertiary alicyclic amines) is 1. The maximum Gasteiger partial charge on any atom is 0.258 e. The molecule has 1 aromatic heterocycles. The van der Waals surface area contributed by atoms with Crippen LogP contribution >= 0.6 is 0 Å². The summed E-state index contributed by atoms with van der Waals surface area (Å²) in [4.78, 5) is 18.8. The molecule has 0 spiro atoms. The molecule has 6 heteroatoms. The van der Waals surface area contributed by atoms with Gasteiger partial charge in [-0.15, -0.1) is 0 Å². The standard InChI is InChI=1S/C26H32N4O2/c1-32-21-9-7-17(8-10-21)24-22(15-27-28-24)26(31)30-12-4-5-18-13-19-14-20(25(18)30)16-29-11-3-2-6-23(19)29/h7-10,13,15,19-20,23,25H,2-6,11-12,14,16H2,1H3,(H,27,28)/t19-,20-,23+,25-/m0/s1. The highest BCUT2D eigenvalue weighted by atomic mass is 16.5. The molecule has 2 bridgehead atoms. The van der Waals surface area contributed by atoms with Gasteiger partial charge in [0.15, 0.2) is 0 Å². The number of fused-ring (bicyclic) bond motifs is 6. The number of rotatable bonds is 3. The zero-order chi connectivity index (χ0) is 21.7. The average molecular weight is 433 g/mol. The Balaban J connectivity index is 1.31. The van der Waals surface area contributed by atoms with Crippen molar-refractivity contribution in [1.82, 2.24) is 20.0 Å². The van der Waals surface area contributed by atoms with Crippen molar-refractivity contribution in [3.8, 4) is 17.0 Å². The monoisotopic (exact) mass is 432 g/mol. The molecular formula is C26H32N4O2. The normalized spacial score (nSPS) is 29.7. The molecule has 2 aromatic rings. The van der Waals surface area contributed by atoms with Gasteiger partial charge in [0.1, 0.15) is 5.75 Å². The lowest BCUT2D eigenvalue weighted by Crippen LogP contribution is -2.60. The topological polar surface area (TPSA) is 61.5 Å². The first kappa shape index (κ1) is 20.0. The summed E-state index contributed by atoms with van der Waals surface area (Å²) in [6.45, 7) is 3.20. The molecular weight excluding hydrogens is 400 g/mol. The van der Waals surface area contributed by atoms with E-state index in [-0.39, 0.29) is 11.9 Å². The van der Waals surface area contributed by atoms with Crippen LogP contribution in [0.3, 0.4) is 0 Å². The van der Waals surface area contributed by atoms with Crippen LogP contribution in [-0.2, 0) is 0 Å². The third-order valence-electron chi connectivity index (χ3n) is 8.17. The summed E-state index contributed by atoms with van der Waals surface area (Å²) in [5.41, 5.74) is 3.94. The van der Waals surface area contributed by atoms with Gasteiger partial charge in [0.05, 0.1) is 30.6 Å². The SMILES string of the molecule is COc1ccc(-c2[nH]ncc2C(=O)N2CCCC3=C[C@H]4C[C@@H](CN5CCCC[C@H]45)[C@H]32)cc1. The molecule has 1 amide bonds. The van der Waals surface area contributed by atoms with Crippen LogP contribution in [0.4, 0.5) is 0 Å². The van der Waals surface area contributed by atoms with E-state index in [4.69, 9.17) is 4.74 Å². The van der Waals surface area contributed by atoms with Crippen LogP contribution in [0.1, 0.15) is 48.9 Å². The third kappa shape index (κ3) is 3.27. The molecule has 6 rings (SSSR count). The van der Waals surface area contributed by atoms with E-state index >= 15 is 0 Å². The summed E-state index contributed by atoms with van der Waals surface area (Å²) in [7, 11) is 1.66. The number of H-pyrrole nitrogens is 1. The molecule has 3 fully saturated rings. The van der Waals surface area contributed by atoms with E-state index in [0.717, 1.165) is 49.0 Å². The molecule has 3 aliphatic heterocycles. The number of nitrogens with zero attached hydrogens (tertiary/aromatic N) is 3. The molecule has 0 saturated carbocycles. The zero-order valence-electron chi connectivity index (χ0n) is 18.8. The quantitative estimate of drug-likeness (QED) is 0.741. The van der Waals surface area contributed by atoms with Crippen LogP contribution in [0.2, 0.25) is 0 Å². The van der Waals surface area contributed by atoms with Crippen LogP contribution in [-0.4, -0.2) is 64.7 Å². The van der Waals surface area contributed by atoms with Gasteiger partial charge in [0, 0.05) is 24.7 Å². The maximum absolute atomic E-state index is 13.9. The van der Waals surface area contributed by atoms with Crippen molar-refractivity contribution in [1.29, 1.82) is 0 Å². The summed E-state index contributed by atoms with van der Waals surface area (Å²) in [6, 6.07) is 8.78. The summed E-state index contributed by atoms with van der Waals surface area (Å²) in [5.74, 6) is 2.14. The number of ether oxygens (including phenoxy) is 1. The fraction of sp³-hybridized carbons (Fsp3) is 0.538. The molecule has 3 saturated heterocycles. The Labute approximate surface area is 189 Å². The number of hydrogen-bond donors (Lipinski definition) is 1. The lowest BCUT2D eigenvalue weighted by molar-refractivity contribution is 0.00150. The first-order valence-corrected chi connectivity index (χ1v) is 12.2. The average Bonchev–Trinajstić information content (AvgIpc) is 3.33. The number of aromatic nitrogens is 2. The minimum Gasteiger partial charge on any atom is -0.497 e. The van der Waals surface area contributed by atoms with Crippen molar-refractivity contribution in [3.05, 3.63) is 47.7 Å². The Morgan fingerprint density at radius 3 is 2.88 bits per heavy atom. The predicted octanol–water partition coefficient (Wildman–Crippen LogP) is 4.12. The summed E-state index contributed by atoms with van der Waals surface area (Å²) in [6.07, 6.45) is 11.7. The number of piperidine rings is 3. The van der Waals surface area contributed by atoms with Crippen molar-refractivity contribution < 1.29 is 9.53 Å². The van der Waals surface area contributed by atoms with Gasteiger partial charge in [-0.3, -0.25) is 14.8 Å². The van der Waals surface area contributed by atoms with Crippen LogP contribution < -0.4 is 4.74 Å². The van der Waals surface area contributed by atoms with Crippen molar-refractivity contribution in [3.63, 3.8) is 0 Å². The van der Waals surface area contributed by atoms with Gasteiger partial charge in [0.25, 0.3) is 5.91 Å². The summed E-state index contributed by atoms with van der Waals surface area (Å²) >= 11 is 0. The summed E-state index contributed by atoms with van der Waals surface area (Å²) in [5, 5.41) is 7.32. The Kier molecular flexibility index (Phi) is 5.05. The Hall–Kier alpha value is -2.60. The van der Waals surface area contributed by atoms with E-state index in [1.807, 2.05) is 24.3 Å². The number of hydrogen-bond acceptors (Lipinski definition) is 4. The highest BCUT2D eigenvalue weighted by Crippen LogP contribution is 2.45. The molecule has 1 aromatic carbocycles. The molecule has 6 nitrogen and oxygen atoms in total. The van der Waals surface area contributed by atoms with Gasteiger partial charge in [-0.05, 0) is 74.8 Å². The molecule has 32 heavy (non-hydrogen) atoms. The minimum atomic E-state index is 0.111. The molecule has 4 aliphatic rings. The highest BCUT2D eigenvalue weighted by Gasteiger charge is 2.47. The first-order valence-electron chi connectivity index (χ1n) is 12.2. The molecule has 1 aliphatic carbocycles. The van der Waals surface area contributed by atoms with Crippen molar-refractivity contribution in [2.24, 2.45) is 11.8 Å². The Bertz CT molecular complexity index is 1030. The number of benzene rings is 1. The molecule has 4 atom stereocenters. The highest BCUT2D eigenvalue weighted by molar-refractivity contribution is 6.00.